The molecule has 6 nitrogen and oxygen atoms in total. The number of amides is 1. The van der Waals surface area contributed by atoms with E-state index in [1.807, 2.05) is 39.0 Å². The van der Waals surface area contributed by atoms with E-state index in [-0.39, 0.29) is 35.2 Å². The van der Waals surface area contributed by atoms with Crippen molar-refractivity contribution in [1.29, 1.82) is 0 Å². The average molecular weight is 436 g/mol. The molecule has 0 radical (unpaired) electrons. The Hall–Kier alpha value is -1.80. The highest BCUT2D eigenvalue weighted by Crippen LogP contribution is 2.24. The number of imidazole rings is 1. The largest absolute Gasteiger partial charge is 0.337 e. The number of nitrogens with one attached hydrogen (secondary N) is 1. The van der Waals surface area contributed by atoms with Crippen LogP contribution in [0.1, 0.15) is 43.6 Å². The summed E-state index contributed by atoms with van der Waals surface area (Å²) in [6.07, 6.45) is 2.08. The van der Waals surface area contributed by atoms with E-state index >= 15 is 0 Å². The van der Waals surface area contributed by atoms with Crippen molar-refractivity contribution in [2.75, 3.05) is 17.3 Å². The molecule has 0 spiro atoms. The topological polar surface area (TPSA) is 83.1 Å². The summed E-state index contributed by atoms with van der Waals surface area (Å²) in [6.45, 7) is 6.00. The lowest BCUT2D eigenvalue weighted by Gasteiger charge is -2.33. The van der Waals surface area contributed by atoms with E-state index in [0.717, 1.165) is 29.4 Å². The standard InChI is InChI=1S/C21H29N3O3S2/c1-4-15(2)24(18-10-11-29(26,27)14-18)20(25)13-28-21-22-16(3)19(23-21)12-17-8-6-5-7-9-17/h5-9,15,18H,4,10-14H2,1-3H3,(H,22,23)/t15-,18+/m0/s1. The van der Waals surface area contributed by atoms with Crippen LogP contribution >= 0.6 is 11.8 Å². The number of hydrogen-bond acceptors (Lipinski definition) is 5. The first-order valence-electron chi connectivity index (χ1n) is 10.0. The van der Waals surface area contributed by atoms with Crippen LogP contribution in [-0.2, 0) is 21.1 Å². The first-order chi connectivity index (χ1) is 13.8. The number of aryl methyl sites for hydroxylation is 1. The van der Waals surface area contributed by atoms with E-state index in [4.69, 9.17) is 0 Å². The van der Waals surface area contributed by atoms with Crippen LogP contribution in [-0.4, -0.2) is 58.5 Å². The Morgan fingerprint density at radius 1 is 1.34 bits per heavy atom. The highest BCUT2D eigenvalue weighted by atomic mass is 32.2. The van der Waals surface area contributed by atoms with E-state index in [9.17, 15) is 13.2 Å². The second kappa shape index (κ2) is 9.34. The lowest BCUT2D eigenvalue weighted by atomic mass is 10.1. The molecule has 0 saturated carbocycles. The summed E-state index contributed by atoms with van der Waals surface area (Å²) < 4.78 is 23.8. The number of hydrogen-bond donors (Lipinski definition) is 1. The van der Waals surface area contributed by atoms with Gasteiger partial charge in [0.2, 0.25) is 5.91 Å². The van der Waals surface area contributed by atoms with Crippen LogP contribution in [0.4, 0.5) is 0 Å². The predicted octanol–water partition coefficient (Wildman–Crippen LogP) is 3.22. The van der Waals surface area contributed by atoms with Gasteiger partial charge in [-0.2, -0.15) is 0 Å². The maximum Gasteiger partial charge on any atom is 0.233 e. The van der Waals surface area contributed by atoms with Gasteiger partial charge in [-0.25, -0.2) is 13.4 Å². The van der Waals surface area contributed by atoms with Crippen LogP contribution in [0.2, 0.25) is 0 Å². The van der Waals surface area contributed by atoms with Gasteiger partial charge in [0.25, 0.3) is 0 Å². The number of benzene rings is 1. The van der Waals surface area contributed by atoms with Crippen LogP contribution in [0.25, 0.3) is 0 Å². The van der Waals surface area contributed by atoms with Crippen LogP contribution in [0.5, 0.6) is 0 Å². The van der Waals surface area contributed by atoms with E-state index in [1.54, 1.807) is 4.90 Å². The number of aromatic amines is 1. The quantitative estimate of drug-likeness (QED) is 0.644. The summed E-state index contributed by atoms with van der Waals surface area (Å²) >= 11 is 1.38. The zero-order valence-corrected chi connectivity index (χ0v) is 18.9. The molecular weight excluding hydrogens is 406 g/mol. The van der Waals surface area contributed by atoms with Crippen molar-refractivity contribution in [2.45, 2.75) is 57.3 Å². The van der Waals surface area contributed by atoms with Crippen molar-refractivity contribution in [2.24, 2.45) is 0 Å². The number of carbonyl (C=O) groups excluding carboxylic acids is 1. The molecule has 1 aliphatic heterocycles. The summed E-state index contributed by atoms with van der Waals surface area (Å²) in [5, 5.41) is 0.727. The van der Waals surface area contributed by atoms with Crippen LogP contribution in [0.15, 0.2) is 35.5 Å². The summed E-state index contributed by atoms with van der Waals surface area (Å²) in [5.41, 5.74) is 3.18. The molecule has 1 aromatic carbocycles. The normalized spacial score (nSPS) is 19.2. The number of H-pyrrole nitrogens is 1. The number of aromatic nitrogens is 2. The third kappa shape index (κ3) is 5.63. The van der Waals surface area contributed by atoms with Crippen molar-refractivity contribution >= 4 is 27.5 Å². The molecule has 1 aromatic heterocycles. The Morgan fingerprint density at radius 3 is 2.69 bits per heavy atom. The maximum absolute atomic E-state index is 13.0. The van der Waals surface area contributed by atoms with Crippen molar-refractivity contribution in [3.8, 4) is 0 Å². The first kappa shape index (κ1) is 21.9. The first-order valence-corrected chi connectivity index (χ1v) is 12.8. The van der Waals surface area contributed by atoms with Gasteiger partial charge in [-0.15, -0.1) is 0 Å². The Morgan fingerprint density at radius 2 is 2.07 bits per heavy atom. The molecule has 2 atom stereocenters. The molecule has 1 saturated heterocycles. The van der Waals surface area contributed by atoms with E-state index < -0.39 is 9.84 Å². The fraction of sp³-hybridized carbons (Fsp3) is 0.524. The monoisotopic (exact) mass is 435 g/mol. The molecule has 1 aliphatic rings. The highest BCUT2D eigenvalue weighted by molar-refractivity contribution is 7.99. The predicted molar refractivity (Wildman–Crippen MR) is 117 cm³/mol. The molecule has 1 N–H and O–H groups in total. The van der Waals surface area contributed by atoms with Gasteiger partial charge in [-0.1, -0.05) is 49.0 Å². The second-order valence-electron chi connectivity index (χ2n) is 7.68. The number of thioether (sulfide) groups is 1. The van der Waals surface area contributed by atoms with Gasteiger partial charge in [-0.3, -0.25) is 4.79 Å². The van der Waals surface area contributed by atoms with Crippen LogP contribution in [0, 0.1) is 6.92 Å². The van der Waals surface area contributed by atoms with Crippen molar-refractivity contribution in [3.63, 3.8) is 0 Å². The molecule has 2 heterocycles. The molecule has 1 fully saturated rings. The Kier molecular flexibility index (Phi) is 7.05. The van der Waals surface area contributed by atoms with Crippen molar-refractivity contribution < 1.29 is 13.2 Å². The molecular formula is C21H29N3O3S2. The summed E-state index contributed by atoms with van der Waals surface area (Å²) in [4.78, 5) is 22.7. The number of sulfone groups is 1. The minimum atomic E-state index is -3.03. The fourth-order valence-corrected chi connectivity index (χ4v) is 6.22. The summed E-state index contributed by atoms with van der Waals surface area (Å²) in [5.74, 6) is 0.476. The number of rotatable bonds is 8. The number of nitrogens with zero attached hydrogens (tertiary/aromatic N) is 2. The van der Waals surface area contributed by atoms with Crippen LogP contribution in [0.3, 0.4) is 0 Å². The molecule has 158 valence electrons. The Balaban J connectivity index is 1.65. The third-order valence-electron chi connectivity index (χ3n) is 5.47. The third-order valence-corrected chi connectivity index (χ3v) is 8.07. The lowest BCUT2D eigenvalue weighted by Crippen LogP contribution is -2.47. The van der Waals surface area contributed by atoms with E-state index in [2.05, 4.69) is 22.1 Å². The zero-order valence-electron chi connectivity index (χ0n) is 17.2. The maximum atomic E-state index is 13.0. The minimum absolute atomic E-state index is 0.0216. The van der Waals surface area contributed by atoms with Crippen molar-refractivity contribution in [3.05, 3.63) is 47.3 Å². The van der Waals surface area contributed by atoms with Gasteiger partial charge in [0.05, 0.1) is 23.0 Å². The molecule has 3 rings (SSSR count). The zero-order chi connectivity index (χ0) is 21.0. The van der Waals surface area contributed by atoms with Gasteiger partial charge in [0.15, 0.2) is 15.0 Å². The fourth-order valence-electron chi connectivity index (χ4n) is 3.70. The average Bonchev–Trinajstić information content (AvgIpc) is 3.22. The summed E-state index contributed by atoms with van der Waals surface area (Å²) in [7, 11) is -3.03. The smallest absolute Gasteiger partial charge is 0.233 e. The number of carbonyl (C=O) groups is 1. The Bertz CT molecular complexity index is 941. The summed E-state index contributed by atoms with van der Waals surface area (Å²) in [6, 6.07) is 9.97. The molecule has 0 aliphatic carbocycles. The van der Waals surface area contributed by atoms with Crippen molar-refractivity contribution in [1.82, 2.24) is 14.9 Å². The van der Waals surface area contributed by atoms with Gasteiger partial charge in [0.1, 0.15) is 0 Å². The molecule has 29 heavy (non-hydrogen) atoms. The minimum Gasteiger partial charge on any atom is -0.337 e. The lowest BCUT2D eigenvalue weighted by molar-refractivity contribution is -0.132. The molecule has 8 heteroatoms. The van der Waals surface area contributed by atoms with Gasteiger partial charge >= 0.3 is 0 Å². The molecule has 1 amide bonds. The Labute approximate surface area is 177 Å². The SMILES string of the molecule is CC[C@H](C)N(C(=O)CSc1nc(Cc2ccccc2)c(C)[nH]1)[C@@H]1CCS(=O)(=O)C1. The highest BCUT2D eigenvalue weighted by Gasteiger charge is 2.36. The molecule has 2 aromatic rings. The molecule has 0 unspecified atom stereocenters. The van der Waals surface area contributed by atoms with Crippen LogP contribution < -0.4 is 0 Å². The van der Waals surface area contributed by atoms with Gasteiger partial charge < -0.3 is 9.88 Å². The second-order valence-corrected chi connectivity index (χ2v) is 10.9. The van der Waals surface area contributed by atoms with E-state index in [1.165, 1.54) is 17.3 Å². The van der Waals surface area contributed by atoms with E-state index in [0.29, 0.717) is 6.42 Å². The van der Waals surface area contributed by atoms with Gasteiger partial charge in [-0.05, 0) is 32.3 Å². The van der Waals surface area contributed by atoms with Gasteiger partial charge in [0, 0.05) is 24.2 Å². The molecule has 0 bridgehead atoms.